The number of nitrogens with zero attached hydrogens (tertiary/aromatic N) is 1. The maximum Gasteiger partial charge on any atom is 0.347 e. The lowest BCUT2D eigenvalue weighted by atomic mass is 10.1. The molecule has 1 saturated heterocycles. The molecule has 1 aromatic heterocycles. The van der Waals surface area contributed by atoms with E-state index in [1.807, 2.05) is 26.0 Å². The zero-order valence-electron chi connectivity index (χ0n) is 16.6. The summed E-state index contributed by atoms with van der Waals surface area (Å²) in [5.41, 5.74) is 3.06. The maximum atomic E-state index is 12.4. The molecule has 0 unspecified atom stereocenters. The number of benzene rings is 1. The van der Waals surface area contributed by atoms with Gasteiger partial charge in [0.15, 0.2) is 6.61 Å². The number of rotatable bonds is 5. The van der Waals surface area contributed by atoms with Crippen LogP contribution in [0.1, 0.15) is 34.3 Å². The zero-order chi connectivity index (χ0) is 20.8. The highest BCUT2D eigenvalue weighted by atomic mass is 16.5. The summed E-state index contributed by atoms with van der Waals surface area (Å²) in [6.45, 7) is 5.07. The van der Waals surface area contributed by atoms with Gasteiger partial charge >= 0.3 is 12.0 Å². The minimum Gasteiger partial charge on any atom is -0.452 e. The average Bonchev–Trinajstić information content (AvgIpc) is 3.23. The Balaban J connectivity index is 1.52. The van der Waals surface area contributed by atoms with Gasteiger partial charge in [0.2, 0.25) is 0 Å². The molecule has 0 bridgehead atoms. The summed E-state index contributed by atoms with van der Waals surface area (Å²) in [5, 5.41) is 4.74. The lowest BCUT2D eigenvalue weighted by Crippen LogP contribution is -2.37. The average molecular weight is 397 g/mol. The molecule has 3 N–H and O–H groups in total. The first-order chi connectivity index (χ1) is 13.9. The van der Waals surface area contributed by atoms with Crippen LogP contribution in [0.3, 0.4) is 0 Å². The number of carbonyl (C=O) groups excluding carboxylic acids is 3. The lowest BCUT2D eigenvalue weighted by molar-refractivity contribution is -0.364. The molecule has 2 aromatic rings. The molecule has 8 nitrogen and oxygen atoms in total. The summed E-state index contributed by atoms with van der Waals surface area (Å²) in [5.74, 6) is -0.640. The summed E-state index contributed by atoms with van der Waals surface area (Å²) in [6.07, 6.45) is 3.87. The molecule has 1 aliphatic heterocycles. The zero-order valence-corrected chi connectivity index (χ0v) is 16.6. The molecule has 1 aliphatic rings. The van der Waals surface area contributed by atoms with Gasteiger partial charge in [0.25, 0.3) is 11.7 Å². The van der Waals surface area contributed by atoms with E-state index in [2.05, 4.69) is 20.5 Å². The van der Waals surface area contributed by atoms with Crippen LogP contribution in [0.5, 0.6) is 0 Å². The maximum absolute atomic E-state index is 12.4. The van der Waals surface area contributed by atoms with E-state index in [9.17, 15) is 14.4 Å². The summed E-state index contributed by atoms with van der Waals surface area (Å²) in [4.78, 5) is 41.5. The normalized spacial score (nSPS) is 13.1. The Kier molecular flexibility index (Phi) is 6.43. The smallest absolute Gasteiger partial charge is 0.347 e. The minimum atomic E-state index is -0.706. The van der Waals surface area contributed by atoms with E-state index in [4.69, 9.17) is 4.74 Å². The molecule has 8 heteroatoms. The number of aryl methyl sites for hydroxylation is 2. The van der Waals surface area contributed by atoms with Gasteiger partial charge in [0.1, 0.15) is 5.56 Å². The molecule has 1 aromatic carbocycles. The number of aromatic amines is 1. The summed E-state index contributed by atoms with van der Waals surface area (Å²) >= 11 is 0. The Morgan fingerprint density at radius 2 is 1.86 bits per heavy atom. The molecule has 3 amide bonds. The second-order valence-electron chi connectivity index (χ2n) is 7.00. The van der Waals surface area contributed by atoms with Crippen LogP contribution in [0.2, 0.25) is 0 Å². The summed E-state index contributed by atoms with van der Waals surface area (Å²) in [7, 11) is 0. The van der Waals surface area contributed by atoms with E-state index in [-0.39, 0.29) is 0 Å². The quantitative estimate of drug-likeness (QED) is 0.754. The van der Waals surface area contributed by atoms with Gasteiger partial charge < -0.3 is 10.1 Å². The summed E-state index contributed by atoms with van der Waals surface area (Å²) in [6, 6.07) is 8.11. The Morgan fingerprint density at radius 1 is 1.10 bits per heavy atom. The molecule has 0 radical (unpaired) electrons. The SMILES string of the molecule is Cc1ccc(NC(=O)NC(=O)COC(=O)c2ccc[nH+]c2N2CCCC2)cc1C. The largest absolute Gasteiger partial charge is 0.452 e. The molecule has 0 aliphatic carbocycles. The fraction of sp³-hybridized carbons (Fsp3) is 0.333. The summed E-state index contributed by atoms with van der Waals surface area (Å²) < 4.78 is 5.10. The number of amides is 3. The van der Waals surface area contributed by atoms with Crippen molar-refractivity contribution in [2.75, 3.05) is 29.9 Å². The number of H-pyrrole nitrogens is 1. The van der Waals surface area contributed by atoms with Crippen molar-refractivity contribution in [3.63, 3.8) is 0 Å². The predicted octanol–water partition coefficient (Wildman–Crippen LogP) is 2.22. The third-order valence-corrected chi connectivity index (χ3v) is 4.83. The molecule has 0 spiro atoms. The van der Waals surface area contributed by atoms with E-state index < -0.39 is 24.5 Å². The number of carbonyl (C=O) groups is 3. The molecular weight excluding hydrogens is 372 g/mol. The number of hydrogen-bond acceptors (Lipinski definition) is 5. The van der Waals surface area contributed by atoms with E-state index in [1.54, 1.807) is 24.4 Å². The van der Waals surface area contributed by atoms with Crippen LogP contribution in [-0.2, 0) is 9.53 Å². The lowest BCUT2D eigenvalue weighted by Gasteiger charge is -2.12. The Bertz CT molecular complexity index is 923. The van der Waals surface area contributed by atoms with Gasteiger partial charge in [-0.3, -0.25) is 15.0 Å². The van der Waals surface area contributed by atoms with Gasteiger partial charge in [-0.1, -0.05) is 6.07 Å². The van der Waals surface area contributed by atoms with Crippen LogP contribution in [0.25, 0.3) is 0 Å². The van der Waals surface area contributed by atoms with E-state index in [0.717, 1.165) is 37.1 Å². The number of imide groups is 1. The van der Waals surface area contributed by atoms with E-state index in [0.29, 0.717) is 17.1 Å². The number of urea groups is 1. The van der Waals surface area contributed by atoms with Crippen LogP contribution in [0.4, 0.5) is 16.3 Å². The topological polar surface area (TPSA) is 102 Å². The van der Waals surface area contributed by atoms with Gasteiger partial charge in [-0.15, -0.1) is 0 Å². The first kappa shape index (κ1) is 20.3. The van der Waals surface area contributed by atoms with Crippen LogP contribution in [0, 0.1) is 13.8 Å². The van der Waals surface area contributed by atoms with Crippen LogP contribution in [0.15, 0.2) is 36.5 Å². The molecule has 152 valence electrons. The Labute approximate surface area is 169 Å². The molecule has 0 saturated carbocycles. The monoisotopic (exact) mass is 397 g/mol. The van der Waals surface area contributed by atoms with Crippen molar-refractivity contribution in [3.8, 4) is 0 Å². The van der Waals surface area contributed by atoms with Crippen molar-refractivity contribution in [1.82, 2.24) is 5.32 Å². The number of hydrogen-bond donors (Lipinski definition) is 2. The first-order valence-electron chi connectivity index (χ1n) is 9.55. The number of ether oxygens (including phenoxy) is 1. The second-order valence-corrected chi connectivity index (χ2v) is 7.00. The van der Waals surface area contributed by atoms with Crippen molar-refractivity contribution in [1.29, 1.82) is 0 Å². The molecular formula is C21H25N4O4+. The number of esters is 1. The third-order valence-electron chi connectivity index (χ3n) is 4.83. The second kappa shape index (κ2) is 9.18. The first-order valence-corrected chi connectivity index (χ1v) is 9.55. The predicted molar refractivity (Wildman–Crippen MR) is 108 cm³/mol. The van der Waals surface area contributed by atoms with E-state index >= 15 is 0 Å². The Morgan fingerprint density at radius 3 is 2.59 bits per heavy atom. The van der Waals surface area contributed by atoms with Gasteiger partial charge in [-0.2, -0.15) is 0 Å². The molecule has 2 heterocycles. The van der Waals surface area contributed by atoms with Crippen molar-refractivity contribution < 1.29 is 24.1 Å². The third kappa shape index (κ3) is 5.31. The fourth-order valence-electron chi connectivity index (χ4n) is 3.15. The molecule has 3 rings (SSSR count). The van der Waals surface area contributed by atoms with Crippen molar-refractivity contribution >= 4 is 29.4 Å². The van der Waals surface area contributed by atoms with Crippen LogP contribution in [-0.4, -0.2) is 37.6 Å². The number of pyridine rings is 1. The fourth-order valence-corrected chi connectivity index (χ4v) is 3.15. The van der Waals surface area contributed by atoms with Crippen LogP contribution >= 0.6 is 0 Å². The number of anilines is 2. The highest BCUT2D eigenvalue weighted by Gasteiger charge is 2.27. The van der Waals surface area contributed by atoms with Gasteiger partial charge in [-0.05, 0) is 62.1 Å². The highest BCUT2D eigenvalue weighted by Crippen LogP contribution is 2.20. The van der Waals surface area contributed by atoms with Crippen molar-refractivity contribution in [2.24, 2.45) is 0 Å². The minimum absolute atomic E-state index is 0.363. The van der Waals surface area contributed by atoms with Crippen molar-refractivity contribution in [3.05, 3.63) is 53.2 Å². The Hall–Kier alpha value is -3.42. The number of aromatic nitrogens is 1. The van der Waals surface area contributed by atoms with Gasteiger partial charge in [0.05, 0.1) is 19.3 Å². The highest BCUT2D eigenvalue weighted by molar-refractivity contribution is 6.02. The van der Waals surface area contributed by atoms with Crippen LogP contribution < -0.4 is 20.5 Å². The van der Waals surface area contributed by atoms with E-state index in [1.165, 1.54) is 0 Å². The number of nitrogens with one attached hydrogen (secondary N) is 3. The van der Waals surface area contributed by atoms with Gasteiger partial charge in [-0.25, -0.2) is 14.6 Å². The molecule has 29 heavy (non-hydrogen) atoms. The van der Waals surface area contributed by atoms with Crippen molar-refractivity contribution in [2.45, 2.75) is 26.7 Å². The van der Waals surface area contributed by atoms with Gasteiger partial charge in [0, 0.05) is 5.69 Å². The molecule has 1 fully saturated rings. The standard InChI is InChI=1S/C21H24N4O4/c1-14-7-8-16(12-15(14)2)23-21(28)24-18(26)13-29-20(27)17-6-5-9-22-19(17)25-10-3-4-11-25/h5-9,12H,3-4,10-11,13H2,1-2H3,(H2,23,24,26,28)/p+1. The molecule has 0 atom stereocenters.